The van der Waals surface area contributed by atoms with Crippen LogP contribution in [0.3, 0.4) is 0 Å². The number of aromatic nitrogens is 3. The van der Waals surface area contributed by atoms with Gasteiger partial charge in [0.2, 0.25) is 5.91 Å². The number of nitrogens with one attached hydrogen (secondary N) is 1. The van der Waals surface area contributed by atoms with Crippen molar-refractivity contribution in [2.24, 2.45) is 0 Å². The van der Waals surface area contributed by atoms with Gasteiger partial charge in [0.05, 0.1) is 16.7 Å². The molecular formula is C17H16N4O2S. The van der Waals surface area contributed by atoms with Gasteiger partial charge in [-0.1, -0.05) is 30.0 Å². The van der Waals surface area contributed by atoms with E-state index in [1.165, 1.54) is 16.3 Å². The van der Waals surface area contributed by atoms with Crippen molar-refractivity contribution < 1.29 is 4.79 Å². The van der Waals surface area contributed by atoms with Crippen molar-refractivity contribution in [2.45, 2.75) is 12.1 Å². The molecule has 0 unspecified atom stereocenters. The largest absolute Gasteiger partial charge is 0.358 e. The molecule has 0 saturated carbocycles. The lowest BCUT2D eigenvalue weighted by molar-refractivity contribution is -0.118. The molecule has 0 spiro atoms. The molecule has 1 N–H and O–H groups in total. The van der Waals surface area contributed by atoms with Crippen molar-refractivity contribution in [3.05, 3.63) is 58.5 Å². The molecular weight excluding hydrogens is 324 g/mol. The lowest BCUT2D eigenvalue weighted by atomic mass is 10.2. The van der Waals surface area contributed by atoms with Crippen LogP contribution in [0.25, 0.3) is 16.7 Å². The molecule has 1 aromatic carbocycles. The molecule has 0 radical (unpaired) electrons. The Labute approximate surface area is 142 Å². The third-order valence-corrected chi connectivity index (χ3v) is 4.42. The van der Waals surface area contributed by atoms with Gasteiger partial charge in [-0.05, 0) is 30.7 Å². The van der Waals surface area contributed by atoms with E-state index in [0.717, 1.165) is 5.56 Å². The first-order valence-corrected chi connectivity index (χ1v) is 8.37. The van der Waals surface area contributed by atoms with E-state index < -0.39 is 0 Å². The summed E-state index contributed by atoms with van der Waals surface area (Å²) in [6.07, 6.45) is 1.70. The van der Waals surface area contributed by atoms with E-state index in [0.29, 0.717) is 21.9 Å². The Balaban J connectivity index is 2.19. The highest BCUT2D eigenvalue weighted by atomic mass is 32.2. The minimum Gasteiger partial charge on any atom is -0.358 e. The number of pyridine rings is 1. The standard InChI is InChI=1S/C17H16N4O2S/c1-11-7-8-14(19-9-11)21-16(23)12-5-3-4-6-13(12)20-17(21)24-10-15(22)18-2/h3-9H,10H2,1-2H3,(H,18,22). The number of aryl methyl sites for hydroxylation is 1. The SMILES string of the molecule is CNC(=O)CSc1nc2ccccc2c(=O)n1-c1ccc(C)cn1. The van der Waals surface area contributed by atoms with Crippen LogP contribution in [0, 0.1) is 6.92 Å². The highest BCUT2D eigenvalue weighted by Crippen LogP contribution is 2.20. The van der Waals surface area contributed by atoms with Gasteiger partial charge >= 0.3 is 0 Å². The number of benzene rings is 1. The molecule has 122 valence electrons. The summed E-state index contributed by atoms with van der Waals surface area (Å²) in [4.78, 5) is 33.4. The second-order valence-electron chi connectivity index (χ2n) is 5.21. The van der Waals surface area contributed by atoms with Crippen LogP contribution in [0.5, 0.6) is 0 Å². The van der Waals surface area contributed by atoms with Crippen LogP contribution < -0.4 is 10.9 Å². The van der Waals surface area contributed by atoms with Crippen molar-refractivity contribution in [3.63, 3.8) is 0 Å². The monoisotopic (exact) mass is 340 g/mol. The highest BCUT2D eigenvalue weighted by Gasteiger charge is 2.15. The number of nitrogens with zero attached hydrogens (tertiary/aromatic N) is 3. The van der Waals surface area contributed by atoms with E-state index in [4.69, 9.17) is 0 Å². The fourth-order valence-corrected chi connectivity index (χ4v) is 3.08. The smallest absolute Gasteiger partial charge is 0.267 e. The number of hydrogen-bond donors (Lipinski definition) is 1. The summed E-state index contributed by atoms with van der Waals surface area (Å²) in [5.74, 6) is 0.529. The van der Waals surface area contributed by atoms with E-state index in [2.05, 4.69) is 15.3 Å². The van der Waals surface area contributed by atoms with Crippen LogP contribution in [0.15, 0.2) is 52.5 Å². The predicted molar refractivity (Wildman–Crippen MR) is 94.7 cm³/mol. The number of thioether (sulfide) groups is 1. The van der Waals surface area contributed by atoms with Gasteiger partial charge in [-0.25, -0.2) is 14.5 Å². The average Bonchev–Trinajstić information content (AvgIpc) is 2.61. The minimum atomic E-state index is -0.198. The minimum absolute atomic E-state index is 0.133. The normalized spacial score (nSPS) is 10.8. The molecule has 0 aliphatic heterocycles. The van der Waals surface area contributed by atoms with Crippen molar-refractivity contribution >= 4 is 28.6 Å². The Bertz CT molecular complexity index is 951. The van der Waals surface area contributed by atoms with Crippen molar-refractivity contribution in [1.82, 2.24) is 19.9 Å². The molecule has 3 rings (SSSR count). The molecule has 3 aromatic rings. The molecule has 0 aliphatic carbocycles. The van der Waals surface area contributed by atoms with E-state index in [9.17, 15) is 9.59 Å². The molecule has 0 fully saturated rings. The fourth-order valence-electron chi connectivity index (χ4n) is 2.21. The number of fused-ring (bicyclic) bond motifs is 1. The summed E-state index contributed by atoms with van der Waals surface area (Å²) in [6, 6.07) is 10.8. The van der Waals surface area contributed by atoms with Gasteiger partial charge in [0, 0.05) is 13.2 Å². The first-order chi connectivity index (χ1) is 11.6. The Morgan fingerprint density at radius 2 is 2.04 bits per heavy atom. The second-order valence-corrected chi connectivity index (χ2v) is 6.15. The molecule has 0 saturated heterocycles. The maximum Gasteiger partial charge on any atom is 0.267 e. The lowest BCUT2D eigenvalue weighted by Crippen LogP contribution is -2.24. The summed E-state index contributed by atoms with van der Waals surface area (Å²) in [7, 11) is 1.57. The van der Waals surface area contributed by atoms with E-state index >= 15 is 0 Å². The first kappa shape index (κ1) is 16.2. The fraction of sp³-hybridized carbons (Fsp3) is 0.176. The number of para-hydroxylation sites is 1. The summed E-state index contributed by atoms with van der Waals surface area (Å²) in [5.41, 5.74) is 1.40. The zero-order chi connectivity index (χ0) is 17.1. The Morgan fingerprint density at radius 1 is 1.25 bits per heavy atom. The molecule has 6 nitrogen and oxygen atoms in total. The van der Waals surface area contributed by atoms with E-state index in [-0.39, 0.29) is 17.2 Å². The van der Waals surface area contributed by atoms with Gasteiger partial charge in [-0.3, -0.25) is 9.59 Å². The lowest BCUT2D eigenvalue weighted by Gasteiger charge is -2.12. The van der Waals surface area contributed by atoms with E-state index in [1.807, 2.05) is 19.1 Å². The van der Waals surface area contributed by atoms with Crippen LogP contribution in [-0.4, -0.2) is 33.2 Å². The summed E-state index contributed by atoms with van der Waals surface area (Å²) < 4.78 is 1.45. The van der Waals surface area contributed by atoms with Gasteiger partial charge in [0.1, 0.15) is 5.82 Å². The summed E-state index contributed by atoms with van der Waals surface area (Å²) in [6.45, 7) is 1.93. The third-order valence-electron chi connectivity index (χ3n) is 3.48. The average molecular weight is 340 g/mol. The Morgan fingerprint density at radius 3 is 2.75 bits per heavy atom. The van der Waals surface area contributed by atoms with Gasteiger partial charge in [-0.15, -0.1) is 0 Å². The van der Waals surface area contributed by atoms with Crippen LogP contribution >= 0.6 is 11.8 Å². The maximum absolute atomic E-state index is 12.9. The summed E-state index contributed by atoms with van der Waals surface area (Å²) >= 11 is 1.21. The topological polar surface area (TPSA) is 76.9 Å². The number of carbonyl (C=O) groups is 1. The molecule has 0 atom stereocenters. The maximum atomic E-state index is 12.9. The molecule has 7 heteroatoms. The van der Waals surface area contributed by atoms with Crippen LogP contribution in [0.4, 0.5) is 0 Å². The first-order valence-electron chi connectivity index (χ1n) is 7.38. The van der Waals surface area contributed by atoms with Gasteiger partial charge < -0.3 is 5.32 Å². The summed E-state index contributed by atoms with van der Waals surface area (Å²) in [5, 5.41) is 3.52. The quantitative estimate of drug-likeness (QED) is 0.580. The molecule has 1 amide bonds. The Hall–Kier alpha value is -2.67. The van der Waals surface area contributed by atoms with Crippen molar-refractivity contribution in [1.29, 1.82) is 0 Å². The zero-order valence-electron chi connectivity index (χ0n) is 13.3. The van der Waals surface area contributed by atoms with E-state index in [1.54, 1.807) is 37.5 Å². The second kappa shape index (κ2) is 6.84. The van der Waals surface area contributed by atoms with Gasteiger partial charge in [-0.2, -0.15) is 0 Å². The van der Waals surface area contributed by atoms with Crippen molar-refractivity contribution in [2.75, 3.05) is 12.8 Å². The molecule has 2 aromatic heterocycles. The predicted octanol–water partition coefficient (Wildman–Crippen LogP) is 1.93. The van der Waals surface area contributed by atoms with Gasteiger partial charge in [0.15, 0.2) is 5.16 Å². The molecule has 0 aliphatic rings. The van der Waals surface area contributed by atoms with Crippen LogP contribution in [-0.2, 0) is 4.79 Å². The number of hydrogen-bond acceptors (Lipinski definition) is 5. The third kappa shape index (κ3) is 3.16. The number of carbonyl (C=O) groups excluding carboxylic acids is 1. The van der Waals surface area contributed by atoms with Gasteiger partial charge in [0.25, 0.3) is 5.56 Å². The van der Waals surface area contributed by atoms with Crippen molar-refractivity contribution in [3.8, 4) is 5.82 Å². The molecule has 2 heterocycles. The number of rotatable bonds is 4. The zero-order valence-corrected chi connectivity index (χ0v) is 14.1. The van der Waals surface area contributed by atoms with Crippen LogP contribution in [0.1, 0.15) is 5.56 Å². The highest BCUT2D eigenvalue weighted by molar-refractivity contribution is 7.99. The molecule has 24 heavy (non-hydrogen) atoms. The Kier molecular flexibility index (Phi) is 4.61. The molecule has 0 bridgehead atoms. The number of amides is 1. The van der Waals surface area contributed by atoms with Crippen LogP contribution in [0.2, 0.25) is 0 Å².